The molecule has 0 saturated carbocycles. The van der Waals surface area contributed by atoms with Gasteiger partial charge in [-0.3, -0.25) is 0 Å². The Morgan fingerprint density at radius 2 is 1.26 bits per heavy atom. The van der Waals surface area contributed by atoms with Crippen molar-refractivity contribution in [2.45, 2.75) is 58.9 Å². The topological polar surface area (TPSA) is 9.23 Å². The van der Waals surface area contributed by atoms with Crippen molar-refractivity contribution in [2.24, 2.45) is 0 Å². The van der Waals surface area contributed by atoms with E-state index in [1.165, 1.54) is 16.1 Å². The Morgan fingerprint density at radius 1 is 0.737 bits per heavy atom. The summed E-state index contributed by atoms with van der Waals surface area (Å²) in [5.41, 5.74) is 0. The Labute approximate surface area is 122 Å². The lowest BCUT2D eigenvalue weighted by Gasteiger charge is -2.29. The summed E-state index contributed by atoms with van der Waals surface area (Å²) in [7, 11) is -4.17. The van der Waals surface area contributed by atoms with Gasteiger partial charge in [0.15, 0.2) is 0 Å². The Bertz CT molecular complexity index is 448. The highest BCUT2D eigenvalue weighted by atomic mass is 28.4. The first kappa shape index (κ1) is 16.7. The van der Waals surface area contributed by atoms with E-state index in [0.717, 1.165) is 0 Å². The van der Waals surface area contributed by atoms with Gasteiger partial charge in [-0.05, 0) is 30.9 Å². The van der Waals surface area contributed by atoms with Crippen molar-refractivity contribution < 1.29 is 4.43 Å². The molecule has 0 heterocycles. The van der Waals surface area contributed by atoms with Crippen molar-refractivity contribution in [3.05, 3.63) is 18.2 Å². The molecule has 1 rings (SSSR count). The van der Waals surface area contributed by atoms with Crippen LogP contribution in [0.4, 0.5) is 0 Å². The minimum Gasteiger partial charge on any atom is -0.544 e. The van der Waals surface area contributed by atoms with Gasteiger partial charge in [-0.15, -0.1) is 0 Å². The van der Waals surface area contributed by atoms with Crippen LogP contribution >= 0.6 is 0 Å². The zero-order valence-corrected chi connectivity index (χ0v) is 17.1. The smallest absolute Gasteiger partial charge is 0.242 e. The molecule has 0 fully saturated rings. The lowest BCUT2D eigenvalue weighted by molar-refractivity contribution is 0.562. The molecular weight excluding hydrogens is 280 g/mol. The van der Waals surface area contributed by atoms with E-state index >= 15 is 0 Å². The van der Waals surface area contributed by atoms with Crippen LogP contribution in [0.1, 0.15) is 0 Å². The van der Waals surface area contributed by atoms with E-state index in [-0.39, 0.29) is 0 Å². The van der Waals surface area contributed by atoms with Gasteiger partial charge in [0.2, 0.25) is 8.32 Å². The molecule has 0 unspecified atom stereocenters. The molecule has 0 saturated heterocycles. The van der Waals surface area contributed by atoms with Crippen LogP contribution < -0.4 is 14.8 Å². The second-order valence-corrected chi connectivity index (χ2v) is 23.0. The standard InChI is InChI=1S/C15H30OSi3/c1-17(2,3)13-10-11-15(18(4,5)6)14(12-13)16-19(7,8)9/h10-12H,1-9H3. The van der Waals surface area contributed by atoms with Gasteiger partial charge in [0, 0.05) is 0 Å². The van der Waals surface area contributed by atoms with Crippen molar-refractivity contribution in [2.75, 3.05) is 0 Å². The lowest BCUT2D eigenvalue weighted by Crippen LogP contribution is -2.45. The molecule has 0 atom stereocenters. The van der Waals surface area contributed by atoms with Gasteiger partial charge in [-0.1, -0.05) is 56.6 Å². The SMILES string of the molecule is C[Si](C)(C)Oc1cc([Si](C)(C)C)ccc1[Si](C)(C)C. The molecule has 0 aromatic heterocycles. The zero-order chi connectivity index (χ0) is 15.1. The third-order valence-corrected chi connectivity index (χ3v) is 7.98. The first-order valence-corrected chi connectivity index (χ1v) is 17.6. The van der Waals surface area contributed by atoms with Crippen LogP contribution in [0.25, 0.3) is 0 Å². The highest BCUT2D eigenvalue weighted by Crippen LogP contribution is 2.19. The largest absolute Gasteiger partial charge is 0.544 e. The second kappa shape index (κ2) is 5.22. The molecular formula is C15H30OSi3. The fourth-order valence-corrected chi connectivity index (χ4v) is 5.55. The van der Waals surface area contributed by atoms with Crippen molar-refractivity contribution in [3.8, 4) is 5.75 Å². The second-order valence-electron chi connectivity index (χ2n) is 8.43. The van der Waals surface area contributed by atoms with Crippen LogP contribution in [-0.4, -0.2) is 24.5 Å². The molecule has 0 spiro atoms. The third kappa shape index (κ3) is 4.93. The van der Waals surface area contributed by atoms with E-state index in [0.29, 0.717) is 0 Å². The van der Waals surface area contributed by atoms with Crippen LogP contribution in [0, 0.1) is 0 Å². The molecule has 19 heavy (non-hydrogen) atoms. The molecule has 0 aliphatic heterocycles. The summed E-state index contributed by atoms with van der Waals surface area (Å²) in [6, 6.07) is 7.03. The molecule has 1 aromatic carbocycles. The van der Waals surface area contributed by atoms with Gasteiger partial charge in [0.25, 0.3) is 0 Å². The van der Waals surface area contributed by atoms with E-state index in [1.54, 1.807) is 0 Å². The van der Waals surface area contributed by atoms with Crippen LogP contribution in [0.3, 0.4) is 0 Å². The van der Waals surface area contributed by atoms with Crippen molar-refractivity contribution in [1.29, 1.82) is 0 Å². The maximum atomic E-state index is 6.39. The summed E-state index contributed by atoms with van der Waals surface area (Å²) in [6.07, 6.45) is 0. The highest BCUT2D eigenvalue weighted by Gasteiger charge is 2.27. The van der Waals surface area contributed by atoms with Crippen molar-refractivity contribution in [3.63, 3.8) is 0 Å². The zero-order valence-electron chi connectivity index (χ0n) is 14.1. The number of benzene rings is 1. The van der Waals surface area contributed by atoms with Crippen LogP contribution in [0.15, 0.2) is 18.2 Å². The number of hydrogen-bond donors (Lipinski definition) is 0. The summed E-state index contributed by atoms with van der Waals surface area (Å²) in [5.74, 6) is 1.18. The average molecular weight is 311 g/mol. The van der Waals surface area contributed by atoms with Gasteiger partial charge in [0.1, 0.15) is 5.75 Å². The van der Waals surface area contributed by atoms with Gasteiger partial charge >= 0.3 is 0 Å². The predicted octanol–water partition coefficient (Wildman–Crippen LogP) is 3.99. The van der Waals surface area contributed by atoms with E-state index in [4.69, 9.17) is 4.43 Å². The van der Waals surface area contributed by atoms with Gasteiger partial charge in [-0.25, -0.2) is 0 Å². The maximum Gasteiger partial charge on any atom is 0.242 e. The monoisotopic (exact) mass is 310 g/mol. The minimum absolute atomic E-state index is 1.18. The Balaban J connectivity index is 3.35. The number of hydrogen-bond acceptors (Lipinski definition) is 1. The first-order chi connectivity index (χ1) is 8.31. The van der Waals surface area contributed by atoms with Crippen LogP contribution in [0.5, 0.6) is 5.75 Å². The van der Waals surface area contributed by atoms with Gasteiger partial charge in [0.05, 0.1) is 16.1 Å². The first-order valence-electron chi connectivity index (χ1n) is 7.15. The van der Waals surface area contributed by atoms with E-state index < -0.39 is 24.5 Å². The highest BCUT2D eigenvalue weighted by molar-refractivity contribution is 6.91. The van der Waals surface area contributed by atoms with Crippen molar-refractivity contribution >= 4 is 34.8 Å². The summed E-state index contributed by atoms with van der Waals surface area (Å²) < 4.78 is 6.39. The number of rotatable bonds is 4. The Morgan fingerprint density at radius 3 is 1.63 bits per heavy atom. The summed E-state index contributed by atoms with van der Waals surface area (Å²) >= 11 is 0. The van der Waals surface area contributed by atoms with Crippen LogP contribution in [0.2, 0.25) is 58.9 Å². The van der Waals surface area contributed by atoms with E-state index in [9.17, 15) is 0 Å². The third-order valence-electron chi connectivity index (χ3n) is 3.07. The normalized spacial score (nSPS) is 13.5. The van der Waals surface area contributed by atoms with Crippen LogP contribution in [-0.2, 0) is 0 Å². The lowest BCUT2D eigenvalue weighted by atomic mass is 10.3. The Kier molecular flexibility index (Phi) is 4.60. The molecule has 0 aliphatic rings. The molecule has 108 valence electrons. The quantitative estimate of drug-likeness (QED) is 0.764. The summed E-state index contributed by atoms with van der Waals surface area (Å²) in [5, 5.41) is 2.97. The summed E-state index contributed by atoms with van der Waals surface area (Å²) in [6.45, 7) is 21.2. The molecule has 0 amide bonds. The molecule has 0 aliphatic carbocycles. The fraction of sp³-hybridized carbons (Fsp3) is 0.600. The molecule has 1 aromatic rings. The average Bonchev–Trinajstić information content (AvgIpc) is 2.11. The summed E-state index contributed by atoms with van der Waals surface area (Å²) in [4.78, 5) is 0. The van der Waals surface area contributed by atoms with Crippen molar-refractivity contribution in [1.82, 2.24) is 0 Å². The van der Waals surface area contributed by atoms with E-state index in [2.05, 4.69) is 77.1 Å². The predicted molar refractivity (Wildman–Crippen MR) is 96.4 cm³/mol. The van der Waals surface area contributed by atoms with Gasteiger partial charge in [-0.2, -0.15) is 0 Å². The molecule has 4 heteroatoms. The Hall–Kier alpha value is -0.329. The minimum atomic E-state index is -1.55. The van der Waals surface area contributed by atoms with E-state index in [1.807, 2.05) is 0 Å². The molecule has 0 radical (unpaired) electrons. The maximum absolute atomic E-state index is 6.39. The molecule has 0 bridgehead atoms. The molecule has 1 nitrogen and oxygen atoms in total. The van der Waals surface area contributed by atoms with Gasteiger partial charge < -0.3 is 4.43 Å². The molecule has 0 N–H and O–H groups in total. The fourth-order valence-electron chi connectivity index (χ4n) is 2.02.